The highest BCUT2D eigenvalue weighted by Crippen LogP contribution is 2.22. The summed E-state index contributed by atoms with van der Waals surface area (Å²) in [5, 5.41) is 12.3. The van der Waals surface area contributed by atoms with Crippen molar-refractivity contribution in [3.63, 3.8) is 0 Å². The van der Waals surface area contributed by atoms with Gasteiger partial charge in [0.15, 0.2) is 0 Å². The molecule has 0 aliphatic heterocycles. The maximum atomic E-state index is 8.69. The van der Waals surface area contributed by atoms with Crippen LogP contribution in [0.1, 0.15) is 43.4 Å². The van der Waals surface area contributed by atoms with Gasteiger partial charge in [0.1, 0.15) is 0 Å². The molecule has 0 heterocycles. The average Bonchev–Trinajstić information content (AvgIpc) is 2.23. The third-order valence-corrected chi connectivity index (χ3v) is 3.13. The summed E-state index contributed by atoms with van der Waals surface area (Å²) in [5.74, 6) is 0. The minimum absolute atomic E-state index is 0.392. The summed E-state index contributed by atoms with van der Waals surface area (Å²) in [6.45, 7) is 2.18. The Labute approximate surface area is 90.9 Å². The standard InChI is InChI=1S/C13H16N2/c1-10(15-13-3-2-4-13)12-7-5-11(9-14)6-8-12/h5-8,10,13,15H,2-4H2,1H3. The summed E-state index contributed by atoms with van der Waals surface area (Å²) in [5.41, 5.74) is 2.00. The maximum Gasteiger partial charge on any atom is 0.0991 e. The van der Waals surface area contributed by atoms with E-state index in [2.05, 4.69) is 18.3 Å². The molecule has 0 bridgehead atoms. The van der Waals surface area contributed by atoms with Crippen molar-refractivity contribution in [3.8, 4) is 6.07 Å². The van der Waals surface area contributed by atoms with Gasteiger partial charge in [-0.1, -0.05) is 18.6 Å². The van der Waals surface area contributed by atoms with E-state index in [1.165, 1.54) is 24.8 Å². The zero-order valence-corrected chi connectivity index (χ0v) is 9.03. The van der Waals surface area contributed by atoms with Gasteiger partial charge in [-0.15, -0.1) is 0 Å². The van der Waals surface area contributed by atoms with E-state index in [-0.39, 0.29) is 0 Å². The van der Waals surface area contributed by atoms with Crippen molar-refractivity contribution in [3.05, 3.63) is 35.4 Å². The Kier molecular flexibility index (Phi) is 3.03. The Morgan fingerprint density at radius 2 is 2.00 bits per heavy atom. The monoisotopic (exact) mass is 200 g/mol. The van der Waals surface area contributed by atoms with Crippen LogP contribution in [0.15, 0.2) is 24.3 Å². The van der Waals surface area contributed by atoms with E-state index in [1.807, 2.05) is 24.3 Å². The van der Waals surface area contributed by atoms with Gasteiger partial charge in [0.2, 0.25) is 0 Å². The van der Waals surface area contributed by atoms with Crippen LogP contribution in [-0.4, -0.2) is 6.04 Å². The number of benzene rings is 1. The van der Waals surface area contributed by atoms with Crippen LogP contribution in [0.25, 0.3) is 0 Å². The molecule has 1 saturated carbocycles. The molecule has 1 aliphatic carbocycles. The molecule has 1 fully saturated rings. The van der Waals surface area contributed by atoms with Crippen LogP contribution in [-0.2, 0) is 0 Å². The Morgan fingerprint density at radius 3 is 2.47 bits per heavy atom. The molecule has 1 aromatic rings. The van der Waals surface area contributed by atoms with Crippen molar-refractivity contribution < 1.29 is 0 Å². The lowest BCUT2D eigenvalue weighted by molar-refractivity contribution is 0.313. The van der Waals surface area contributed by atoms with E-state index < -0.39 is 0 Å². The van der Waals surface area contributed by atoms with Crippen molar-refractivity contribution in [2.75, 3.05) is 0 Å². The fourth-order valence-electron chi connectivity index (χ4n) is 1.87. The number of rotatable bonds is 3. The van der Waals surface area contributed by atoms with Gasteiger partial charge in [0.25, 0.3) is 0 Å². The van der Waals surface area contributed by atoms with Crippen molar-refractivity contribution in [2.45, 2.75) is 38.3 Å². The highest BCUT2D eigenvalue weighted by Gasteiger charge is 2.19. The Hall–Kier alpha value is -1.33. The fourth-order valence-corrected chi connectivity index (χ4v) is 1.87. The Balaban J connectivity index is 1.98. The summed E-state index contributed by atoms with van der Waals surface area (Å²) in [6, 6.07) is 11.1. The molecule has 1 unspecified atom stereocenters. The first kappa shape index (κ1) is 10.2. The van der Waals surface area contributed by atoms with Gasteiger partial charge in [0.05, 0.1) is 11.6 Å². The predicted octanol–water partition coefficient (Wildman–Crippen LogP) is 2.76. The third-order valence-electron chi connectivity index (χ3n) is 3.13. The highest BCUT2D eigenvalue weighted by atomic mass is 15.0. The second-order valence-electron chi connectivity index (χ2n) is 4.25. The number of hydrogen-bond donors (Lipinski definition) is 1. The number of nitriles is 1. The SMILES string of the molecule is CC(NC1CCC1)c1ccc(C#N)cc1. The van der Waals surface area contributed by atoms with Crippen LogP contribution >= 0.6 is 0 Å². The minimum Gasteiger partial charge on any atom is -0.307 e. The first-order valence-corrected chi connectivity index (χ1v) is 5.55. The topological polar surface area (TPSA) is 35.8 Å². The second kappa shape index (κ2) is 4.46. The molecule has 0 saturated heterocycles. The molecule has 0 aromatic heterocycles. The van der Waals surface area contributed by atoms with Gasteiger partial charge in [-0.25, -0.2) is 0 Å². The minimum atomic E-state index is 0.392. The molecule has 2 nitrogen and oxygen atoms in total. The first-order chi connectivity index (χ1) is 7.29. The van der Waals surface area contributed by atoms with Gasteiger partial charge in [-0.05, 0) is 37.5 Å². The van der Waals surface area contributed by atoms with Crippen molar-refractivity contribution >= 4 is 0 Å². The summed E-state index contributed by atoms with van der Waals surface area (Å²) in [6.07, 6.45) is 3.97. The number of nitrogens with one attached hydrogen (secondary N) is 1. The molecular weight excluding hydrogens is 184 g/mol. The molecule has 1 aliphatic rings. The molecule has 0 amide bonds. The molecule has 1 atom stereocenters. The molecule has 0 radical (unpaired) electrons. The number of nitrogens with zero attached hydrogens (tertiary/aromatic N) is 1. The van der Waals surface area contributed by atoms with E-state index in [0.29, 0.717) is 12.1 Å². The largest absolute Gasteiger partial charge is 0.307 e. The van der Waals surface area contributed by atoms with Gasteiger partial charge < -0.3 is 5.32 Å². The van der Waals surface area contributed by atoms with Gasteiger partial charge in [-0.3, -0.25) is 0 Å². The van der Waals surface area contributed by atoms with Crippen LogP contribution in [0.3, 0.4) is 0 Å². The lowest BCUT2D eigenvalue weighted by Gasteiger charge is -2.30. The van der Waals surface area contributed by atoms with Gasteiger partial charge in [0, 0.05) is 12.1 Å². The zero-order valence-electron chi connectivity index (χ0n) is 9.03. The van der Waals surface area contributed by atoms with Crippen LogP contribution in [0.4, 0.5) is 0 Å². The summed E-state index contributed by atoms with van der Waals surface area (Å²) >= 11 is 0. The lowest BCUT2D eigenvalue weighted by Crippen LogP contribution is -2.36. The van der Waals surface area contributed by atoms with E-state index >= 15 is 0 Å². The van der Waals surface area contributed by atoms with Crippen molar-refractivity contribution in [1.82, 2.24) is 5.32 Å². The predicted molar refractivity (Wildman–Crippen MR) is 60.3 cm³/mol. The van der Waals surface area contributed by atoms with E-state index in [0.717, 1.165) is 5.56 Å². The number of hydrogen-bond acceptors (Lipinski definition) is 2. The quantitative estimate of drug-likeness (QED) is 0.814. The third kappa shape index (κ3) is 2.37. The first-order valence-electron chi connectivity index (χ1n) is 5.55. The molecule has 2 heteroatoms. The molecule has 1 aromatic carbocycles. The fraction of sp³-hybridized carbons (Fsp3) is 0.462. The smallest absolute Gasteiger partial charge is 0.0991 e. The van der Waals surface area contributed by atoms with Crippen LogP contribution in [0, 0.1) is 11.3 Å². The lowest BCUT2D eigenvalue weighted by atomic mass is 9.92. The molecule has 15 heavy (non-hydrogen) atoms. The summed E-state index contributed by atoms with van der Waals surface area (Å²) < 4.78 is 0. The van der Waals surface area contributed by atoms with Gasteiger partial charge in [-0.2, -0.15) is 5.26 Å². The van der Waals surface area contributed by atoms with Crippen molar-refractivity contribution in [1.29, 1.82) is 5.26 Å². The summed E-state index contributed by atoms with van der Waals surface area (Å²) in [7, 11) is 0. The van der Waals surface area contributed by atoms with Crippen LogP contribution < -0.4 is 5.32 Å². The van der Waals surface area contributed by atoms with E-state index in [4.69, 9.17) is 5.26 Å². The highest BCUT2D eigenvalue weighted by molar-refractivity contribution is 5.32. The average molecular weight is 200 g/mol. The summed E-state index contributed by atoms with van der Waals surface area (Å²) in [4.78, 5) is 0. The normalized spacial score (nSPS) is 17.9. The van der Waals surface area contributed by atoms with Crippen molar-refractivity contribution in [2.24, 2.45) is 0 Å². The van der Waals surface area contributed by atoms with E-state index in [9.17, 15) is 0 Å². The molecule has 1 N–H and O–H groups in total. The Morgan fingerprint density at radius 1 is 1.33 bits per heavy atom. The zero-order chi connectivity index (χ0) is 10.7. The Bertz CT molecular complexity index is 357. The molecule has 2 rings (SSSR count). The molecule has 0 spiro atoms. The van der Waals surface area contributed by atoms with Crippen LogP contribution in [0.5, 0.6) is 0 Å². The second-order valence-corrected chi connectivity index (χ2v) is 4.25. The molecular formula is C13H16N2. The van der Waals surface area contributed by atoms with Gasteiger partial charge >= 0.3 is 0 Å². The van der Waals surface area contributed by atoms with Crippen LogP contribution in [0.2, 0.25) is 0 Å². The van der Waals surface area contributed by atoms with E-state index in [1.54, 1.807) is 0 Å². The maximum absolute atomic E-state index is 8.69. The molecule has 78 valence electrons.